The molecule has 2 aromatic carbocycles. The highest BCUT2D eigenvalue weighted by molar-refractivity contribution is 7.89. The first-order valence-corrected chi connectivity index (χ1v) is 12.9. The molecule has 0 spiro atoms. The quantitative estimate of drug-likeness (QED) is 0.443. The largest absolute Gasteiger partial charge is 0.332 e. The monoisotopic (exact) mass is 470 g/mol. The van der Waals surface area contributed by atoms with Crippen molar-refractivity contribution < 1.29 is 13.2 Å². The third-order valence-electron chi connectivity index (χ3n) is 5.21. The zero-order valence-corrected chi connectivity index (χ0v) is 20.6. The third-order valence-corrected chi connectivity index (χ3v) is 8.23. The average Bonchev–Trinajstić information content (AvgIpc) is 3.16. The van der Waals surface area contributed by atoms with Crippen molar-refractivity contribution in [3.63, 3.8) is 0 Å². The summed E-state index contributed by atoms with van der Waals surface area (Å²) in [5.74, 6) is -0.218. The predicted octanol–water partition coefficient (Wildman–Crippen LogP) is 4.99. The molecule has 0 saturated heterocycles. The van der Waals surface area contributed by atoms with Crippen LogP contribution in [0.5, 0.6) is 0 Å². The normalized spacial score (nSPS) is 11.8. The summed E-state index contributed by atoms with van der Waals surface area (Å²) < 4.78 is 27.9. The van der Waals surface area contributed by atoms with Gasteiger partial charge in [0, 0.05) is 22.3 Å². The molecule has 3 rings (SSSR count). The lowest BCUT2D eigenvalue weighted by molar-refractivity contribution is -0.132. The van der Waals surface area contributed by atoms with E-state index >= 15 is 0 Å². The van der Waals surface area contributed by atoms with E-state index in [4.69, 9.17) is 0 Å². The van der Waals surface area contributed by atoms with E-state index in [1.807, 2.05) is 56.3 Å². The van der Waals surface area contributed by atoms with Gasteiger partial charge in [-0.15, -0.1) is 11.3 Å². The van der Waals surface area contributed by atoms with Gasteiger partial charge in [-0.1, -0.05) is 48.0 Å². The van der Waals surface area contributed by atoms with Crippen molar-refractivity contribution in [1.29, 1.82) is 0 Å². The Kier molecular flexibility index (Phi) is 7.87. The van der Waals surface area contributed by atoms with Crippen LogP contribution in [0, 0.1) is 13.8 Å². The molecule has 0 atom stereocenters. The van der Waals surface area contributed by atoms with Gasteiger partial charge < -0.3 is 4.90 Å². The molecule has 3 aromatic rings. The first-order chi connectivity index (χ1) is 15.2. The SMILES string of the molecule is Cc1ccc(S(=O)(=O)N(CC(=O)N(Cc2ccccc2)Cc2ccc(C)s2)C(C)C)cc1. The second kappa shape index (κ2) is 10.4. The van der Waals surface area contributed by atoms with E-state index in [-0.39, 0.29) is 23.4 Å². The molecule has 1 aromatic heterocycles. The molecule has 0 aliphatic rings. The Balaban J connectivity index is 1.86. The van der Waals surface area contributed by atoms with E-state index < -0.39 is 10.0 Å². The van der Waals surface area contributed by atoms with Gasteiger partial charge in [-0.05, 0) is 57.5 Å². The van der Waals surface area contributed by atoms with Crippen LogP contribution in [-0.4, -0.2) is 36.1 Å². The fourth-order valence-electron chi connectivity index (χ4n) is 3.42. The molecule has 0 fully saturated rings. The van der Waals surface area contributed by atoms with Crippen molar-refractivity contribution in [2.75, 3.05) is 6.54 Å². The lowest BCUT2D eigenvalue weighted by atomic mass is 10.2. The molecule has 0 unspecified atom stereocenters. The highest BCUT2D eigenvalue weighted by Gasteiger charge is 2.30. The van der Waals surface area contributed by atoms with Crippen LogP contribution in [0.1, 0.15) is 34.7 Å². The molecule has 5 nitrogen and oxygen atoms in total. The number of rotatable bonds is 9. The van der Waals surface area contributed by atoms with Crippen LogP contribution >= 0.6 is 11.3 Å². The Bertz CT molecular complexity index is 1140. The summed E-state index contributed by atoms with van der Waals surface area (Å²) in [7, 11) is -3.80. The highest BCUT2D eigenvalue weighted by Crippen LogP contribution is 2.22. The fraction of sp³-hybridized carbons (Fsp3) is 0.320. The summed E-state index contributed by atoms with van der Waals surface area (Å²) in [6.07, 6.45) is 0. The number of carbonyl (C=O) groups excluding carboxylic acids is 1. The number of nitrogens with zero attached hydrogens (tertiary/aromatic N) is 2. The van der Waals surface area contributed by atoms with E-state index in [0.717, 1.165) is 16.0 Å². The molecule has 0 saturated carbocycles. The minimum atomic E-state index is -3.80. The number of benzene rings is 2. The van der Waals surface area contributed by atoms with Crippen molar-refractivity contribution in [2.45, 2.75) is 51.7 Å². The summed E-state index contributed by atoms with van der Waals surface area (Å²) in [5.41, 5.74) is 1.99. The molecule has 1 amide bonds. The van der Waals surface area contributed by atoms with Crippen LogP contribution in [0.25, 0.3) is 0 Å². The van der Waals surface area contributed by atoms with Crippen molar-refractivity contribution in [1.82, 2.24) is 9.21 Å². The number of sulfonamides is 1. The van der Waals surface area contributed by atoms with Gasteiger partial charge >= 0.3 is 0 Å². The lowest BCUT2D eigenvalue weighted by Gasteiger charge is -2.29. The molecule has 1 heterocycles. The van der Waals surface area contributed by atoms with E-state index in [9.17, 15) is 13.2 Å². The van der Waals surface area contributed by atoms with Crippen LogP contribution in [0.3, 0.4) is 0 Å². The Morgan fingerprint density at radius 1 is 0.906 bits per heavy atom. The predicted molar refractivity (Wildman–Crippen MR) is 130 cm³/mol. The molecule has 0 N–H and O–H groups in total. The standard InChI is InChI=1S/C25H30N2O3S2/c1-19(2)27(32(29,30)24-14-10-20(3)11-15-24)18-25(28)26(16-22-8-6-5-7-9-22)17-23-13-12-21(4)31-23/h5-15,19H,16-18H2,1-4H3. The molecular weight excluding hydrogens is 440 g/mol. The smallest absolute Gasteiger partial charge is 0.243 e. The van der Waals surface area contributed by atoms with Gasteiger partial charge in [0.25, 0.3) is 0 Å². The first-order valence-electron chi connectivity index (χ1n) is 10.6. The lowest BCUT2D eigenvalue weighted by Crippen LogP contribution is -2.45. The van der Waals surface area contributed by atoms with Crippen molar-refractivity contribution in [3.8, 4) is 0 Å². The van der Waals surface area contributed by atoms with Gasteiger partial charge in [-0.2, -0.15) is 4.31 Å². The molecule has 0 radical (unpaired) electrons. The molecule has 32 heavy (non-hydrogen) atoms. The Hall–Kier alpha value is -2.48. The molecule has 170 valence electrons. The maximum atomic E-state index is 13.4. The van der Waals surface area contributed by atoms with E-state index in [0.29, 0.717) is 13.1 Å². The number of carbonyl (C=O) groups is 1. The van der Waals surface area contributed by atoms with Gasteiger partial charge in [0.05, 0.1) is 18.0 Å². The molecule has 7 heteroatoms. The van der Waals surface area contributed by atoms with Gasteiger partial charge in [-0.25, -0.2) is 8.42 Å². The summed E-state index contributed by atoms with van der Waals surface area (Å²) in [6, 6.07) is 20.2. The van der Waals surface area contributed by atoms with Gasteiger partial charge in [0.1, 0.15) is 0 Å². The zero-order chi connectivity index (χ0) is 23.3. The second-order valence-corrected chi connectivity index (χ2v) is 11.5. The minimum absolute atomic E-state index is 0.202. The Morgan fingerprint density at radius 3 is 2.12 bits per heavy atom. The van der Waals surface area contributed by atoms with Crippen molar-refractivity contribution in [2.24, 2.45) is 0 Å². The van der Waals surface area contributed by atoms with Crippen LogP contribution in [0.4, 0.5) is 0 Å². The van der Waals surface area contributed by atoms with Crippen LogP contribution < -0.4 is 0 Å². The van der Waals surface area contributed by atoms with E-state index in [2.05, 4.69) is 0 Å². The highest BCUT2D eigenvalue weighted by atomic mass is 32.2. The van der Waals surface area contributed by atoms with Crippen molar-refractivity contribution in [3.05, 3.63) is 87.6 Å². The minimum Gasteiger partial charge on any atom is -0.332 e. The molecule has 0 aliphatic carbocycles. The summed E-state index contributed by atoms with van der Waals surface area (Å²) in [4.78, 5) is 17.6. The third kappa shape index (κ3) is 6.06. The Morgan fingerprint density at radius 2 is 1.56 bits per heavy atom. The number of hydrogen-bond donors (Lipinski definition) is 0. The van der Waals surface area contributed by atoms with E-state index in [1.165, 1.54) is 9.18 Å². The maximum absolute atomic E-state index is 13.4. The van der Waals surface area contributed by atoms with Gasteiger partial charge in [-0.3, -0.25) is 4.79 Å². The average molecular weight is 471 g/mol. The van der Waals surface area contributed by atoms with E-state index in [1.54, 1.807) is 54.3 Å². The van der Waals surface area contributed by atoms with Gasteiger partial charge in [0.2, 0.25) is 15.9 Å². The Labute approximate surface area is 195 Å². The van der Waals surface area contributed by atoms with Crippen molar-refractivity contribution >= 4 is 27.3 Å². The second-order valence-electron chi connectivity index (χ2n) is 8.20. The van der Waals surface area contributed by atoms with Crippen LogP contribution in [-0.2, 0) is 27.9 Å². The zero-order valence-electron chi connectivity index (χ0n) is 19.0. The van der Waals surface area contributed by atoms with Crippen LogP contribution in [0.15, 0.2) is 71.6 Å². The number of thiophene rings is 1. The summed E-state index contributed by atoms with van der Waals surface area (Å²) in [5, 5.41) is 0. The molecular formula is C25H30N2O3S2. The maximum Gasteiger partial charge on any atom is 0.243 e. The van der Waals surface area contributed by atoms with Crippen LogP contribution in [0.2, 0.25) is 0 Å². The number of amides is 1. The molecule has 0 aliphatic heterocycles. The topological polar surface area (TPSA) is 57.7 Å². The number of hydrogen-bond acceptors (Lipinski definition) is 4. The summed E-state index contributed by atoms with van der Waals surface area (Å²) >= 11 is 1.65. The molecule has 0 bridgehead atoms. The first kappa shape index (κ1) is 24.2. The summed E-state index contributed by atoms with van der Waals surface area (Å²) in [6.45, 7) is 8.20. The number of aryl methyl sites for hydroxylation is 2. The van der Waals surface area contributed by atoms with Gasteiger partial charge in [0.15, 0.2) is 0 Å². The fourth-order valence-corrected chi connectivity index (χ4v) is 5.91.